The normalized spacial score (nSPS) is 14.6. The second-order valence-electron chi connectivity index (χ2n) is 6.63. The number of benzene rings is 2. The Labute approximate surface area is 161 Å². The first kappa shape index (κ1) is 19.0. The molecule has 1 fully saturated rings. The summed E-state index contributed by atoms with van der Waals surface area (Å²) in [6, 6.07) is 17.7. The van der Waals surface area contributed by atoms with Crippen molar-refractivity contribution in [2.75, 3.05) is 56.6 Å². The first-order valence-corrected chi connectivity index (χ1v) is 9.46. The molecule has 1 heterocycles. The minimum absolute atomic E-state index is 0.172. The van der Waals surface area contributed by atoms with Gasteiger partial charge in [0.05, 0.1) is 7.11 Å². The monoisotopic (exact) mass is 368 g/mol. The Morgan fingerprint density at radius 2 is 1.70 bits per heavy atom. The van der Waals surface area contributed by atoms with Gasteiger partial charge < -0.3 is 20.3 Å². The number of para-hydroxylation sites is 1. The maximum atomic E-state index is 11.9. The van der Waals surface area contributed by atoms with Gasteiger partial charge in [0.15, 0.2) is 0 Å². The van der Waals surface area contributed by atoms with Crippen LogP contribution in [0.3, 0.4) is 0 Å². The van der Waals surface area contributed by atoms with E-state index in [4.69, 9.17) is 4.74 Å². The third kappa shape index (κ3) is 5.89. The minimum Gasteiger partial charge on any atom is -0.497 e. The second kappa shape index (κ2) is 9.83. The summed E-state index contributed by atoms with van der Waals surface area (Å²) in [6.07, 6.45) is 0.946. The lowest BCUT2D eigenvalue weighted by Gasteiger charge is -2.36. The Bertz CT molecular complexity index is 698. The molecule has 0 radical (unpaired) electrons. The molecule has 2 aromatic carbocycles. The van der Waals surface area contributed by atoms with Gasteiger partial charge in [0.25, 0.3) is 0 Å². The molecule has 0 spiro atoms. The summed E-state index contributed by atoms with van der Waals surface area (Å²) in [6.45, 7) is 5.90. The number of nitrogens with zero attached hydrogens (tertiary/aromatic N) is 2. The second-order valence-corrected chi connectivity index (χ2v) is 6.63. The van der Waals surface area contributed by atoms with Crippen molar-refractivity contribution in [3.8, 4) is 5.75 Å². The van der Waals surface area contributed by atoms with Gasteiger partial charge in [-0.3, -0.25) is 4.90 Å². The lowest BCUT2D eigenvalue weighted by Crippen LogP contribution is -2.47. The van der Waals surface area contributed by atoms with Crippen molar-refractivity contribution in [2.45, 2.75) is 6.42 Å². The van der Waals surface area contributed by atoms with Crippen LogP contribution in [0.2, 0.25) is 0 Å². The van der Waals surface area contributed by atoms with Gasteiger partial charge in [0, 0.05) is 44.1 Å². The topological polar surface area (TPSA) is 56.8 Å². The highest BCUT2D eigenvalue weighted by atomic mass is 16.5. The Kier molecular flexibility index (Phi) is 6.93. The summed E-state index contributed by atoms with van der Waals surface area (Å²) in [4.78, 5) is 16.8. The van der Waals surface area contributed by atoms with E-state index in [9.17, 15) is 4.79 Å². The number of piperazine rings is 1. The third-order valence-corrected chi connectivity index (χ3v) is 4.78. The van der Waals surface area contributed by atoms with E-state index in [0.29, 0.717) is 6.54 Å². The van der Waals surface area contributed by atoms with Crippen molar-refractivity contribution in [3.05, 3.63) is 54.6 Å². The van der Waals surface area contributed by atoms with E-state index in [-0.39, 0.29) is 6.03 Å². The van der Waals surface area contributed by atoms with Gasteiger partial charge >= 0.3 is 6.03 Å². The number of rotatable bonds is 7. The van der Waals surface area contributed by atoms with Crippen molar-refractivity contribution in [2.24, 2.45) is 0 Å². The standard InChI is InChI=1S/C21H28N4O2/c1-27-20-10-8-18(9-11-20)23-21(26)22-12-5-13-24-14-16-25(17-15-24)19-6-3-2-4-7-19/h2-4,6-11H,5,12-17H2,1H3,(H2,22,23,26). The van der Waals surface area contributed by atoms with Gasteiger partial charge in [-0.25, -0.2) is 4.79 Å². The van der Waals surface area contributed by atoms with Crippen LogP contribution in [0.5, 0.6) is 5.75 Å². The zero-order valence-electron chi connectivity index (χ0n) is 15.9. The predicted octanol–water partition coefficient (Wildman–Crippen LogP) is 3.03. The van der Waals surface area contributed by atoms with E-state index in [1.807, 2.05) is 24.3 Å². The molecule has 0 bridgehead atoms. The minimum atomic E-state index is -0.172. The van der Waals surface area contributed by atoms with Gasteiger partial charge in [0.2, 0.25) is 0 Å². The van der Waals surface area contributed by atoms with Crippen LogP contribution in [0.25, 0.3) is 0 Å². The summed E-state index contributed by atoms with van der Waals surface area (Å²) in [5.74, 6) is 0.772. The van der Waals surface area contributed by atoms with Crippen molar-refractivity contribution in [1.29, 1.82) is 0 Å². The van der Waals surface area contributed by atoms with Crippen LogP contribution >= 0.6 is 0 Å². The van der Waals surface area contributed by atoms with Gasteiger partial charge in [0.1, 0.15) is 5.75 Å². The lowest BCUT2D eigenvalue weighted by molar-refractivity contribution is 0.244. The lowest BCUT2D eigenvalue weighted by atomic mass is 10.2. The number of carbonyl (C=O) groups is 1. The molecule has 2 aromatic rings. The SMILES string of the molecule is COc1ccc(NC(=O)NCCCN2CCN(c3ccccc3)CC2)cc1. The first-order valence-electron chi connectivity index (χ1n) is 9.46. The quantitative estimate of drug-likeness (QED) is 0.738. The van der Waals surface area contributed by atoms with Crippen LogP contribution < -0.4 is 20.3 Å². The molecule has 0 unspecified atom stereocenters. The largest absolute Gasteiger partial charge is 0.497 e. The number of hydrogen-bond acceptors (Lipinski definition) is 4. The Morgan fingerprint density at radius 1 is 1.00 bits per heavy atom. The summed E-state index contributed by atoms with van der Waals surface area (Å²) in [7, 11) is 1.62. The summed E-state index contributed by atoms with van der Waals surface area (Å²) < 4.78 is 5.11. The number of nitrogens with one attached hydrogen (secondary N) is 2. The fourth-order valence-corrected chi connectivity index (χ4v) is 3.22. The van der Waals surface area contributed by atoms with Crippen LogP contribution in [0, 0.1) is 0 Å². The molecule has 0 saturated carbocycles. The molecule has 2 amide bonds. The Morgan fingerprint density at radius 3 is 2.37 bits per heavy atom. The van der Waals surface area contributed by atoms with Crippen molar-refractivity contribution >= 4 is 17.4 Å². The number of amides is 2. The van der Waals surface area contributed by atoms with E-state index < -0.39 is 0 Å². The average molecular weight is 368 g/mol. The maximum absolute atomic E-state index is 11.9. The molecule has 0 aliphatic carbocycles. The molecule has 6 nitrogen and oxygen atoms in total. The molecular weight excluding hydrogens is 340 g/mol. The van der Waals surface area contributed by atoms with Crippen molar-refractivity contribution < 1.29 is 9.53 Å². The molecule has 0 aromatic heterocycles. The van der Waals surface area contributed by atoms with Crippen LogP contribution in [-0.2, 0) is 0 Å². The molecule has 1 saturated heterocycles. The smallest absolute Gasteiger partial charge is 0.319 e. The molecular formula is C21H28N4O2. The van der Waals surface area contributed by atoms with Crippen LogP contribution in [0.4, 0.5) is 16.2 Å². The third-order valence-electron chi connectivity index (χ3n) is 4.78. The van der Waals surface area contributed by atoms with E-state index in [0.717, 1.165) is 50.6 Å². The fraction of sp³-hybridized carbons (Fsp3) is 0.381. The molecule has 144 valence electrons. The zero-order chi connectivity index (χ0) is 18.9. The Hall–Kier alpha value is -2.73. The van der Waals surface area contributed by atoms with E-state index in [1.54, 1.807) is 7.11 Å². The molecule has 0 atom stereocenters. The fourth-order valence-electron chi connectivity index (χ4n) is 3.22. The van der Waals surface area contributed by atoms with Gasteiger partial charge in [-0.15, -0.1) is 0 Å². The van der Waals surface area contributed by atoms with Gasteiger partial charge in [-0.1, -0.05) is 18.2 Å². The number of anilines is 2. The number of methoxy groups -OCH3 is 1. The van der Waals surface area contributed by atoms with Crippen LogP contribution in [0.1, 0.15) is 6.42 Å². The number of hydrogen-bond donors (Lipinski definition) is 2. The molecule has 1 aliphatic heterocycles. The number of carbonyl (C=O) groups excluding carboxylic acids is 1. The van der Waals surface area contributed by atoms with E-state index in [1.165, 1.54) is 5.69 Å². The van der Waals surface area contributed by atoms with E-state index >= 15 is 0 Å². The van der Waals surface area contributed by atoms with Crippen molar-refractivity contribution in [1.82, 2.24) is 10.2 Å². The molecule has 27 heavy (non-hydrogen) atoms. The van der Waals surface area contributed by atoms with Crippen molar-refractivity contribution in [3.63, 3.8) is 0 Å². The Balaban J connectivity index is 1.29. The highest BCUT2D eigenvalue weighted by molar-refractivity contribution is 5.89. The number of ether oxygens (including phenoxy) is 1. The zero-order valence-corrected chi connectivity index (χ0v) is 15.9. The highest BCUT2D eigenvalue weighted by Crippen LogP contribution is 2.16. The summed E-state index contributed by atoms with van der Waals surface area (Å²) in [5, 5.41) is 5.75. The predicted molar refractivity (Wildman–Crippen MR) is 110 cm³/mol. The highest BCUT2D eigenvalue weighted by Gasteiger charge is 2.16. The molecule has 6 heteroatoms. The first-order chi connectivity index (χ1) is 13.2. The van der Waals surface area contributed by atoms with Gasteiger partial charge in [-0.05, 0) is 49.4 Å². The molecule has 2 N–H and O–H groups in total. The number of urea groups is 1. The summed E-state index contributed by atoms with van der Waals surface area (Å²) in [5.41, 5.74) is 2.05. The maximum Gasteiger partial charge on any atom is 0.319 e. The molecule has 1 aliphatic rings. The van der Waals surface area contributed by atoms with Crippen LogP contribution in [0.15, 0.2) is 54.6 Å². The summed E-state index contributed by atoms with van der Waals surface area (Å²) >= 11 is 0. The average Bonchev–Trinajstić information content (AvgIpc) is 2.73. The van der Waals surface area contributed by atoms with Gasteiger partial charge in [-0.2, -0.15) is 0 Å². The van der Waals surface area contributed by atoms with E-state index in [2.05, 4.69) is 50.8 Å². The molecule has 3 rings (SSSR count). The van der Waals surface area contributed by atoms with Crippen LogP contribution in [-0.4, -0.2) is 57.3 Å².